The van der Waals surface area contributed by atoms with Crippen molar-refractivity contribution in [2.45, 2.75) is 6.92 Å². The molecule has 28 heavy (non-hydrogen) atoms. The first-order valence-electron chi connectivity index (χ1n) is 8.88. The van der Waals surface area contributed by atoms with Crippen LogP contribution in [0.3, 0.4) is 0 Å². The molecule has 0 unspecified atom stereocenters. The minimum atomic E-state index is -0.328. The van der Waals surface area contributed by atoms with Gasteiger partial charge in [-0.2, -0.15) is 0 Å². The van der Waals surface area contributed by atoms with E-state index in [9.17, 15) is 9.59 Å². The highest BCUT2D eigenvalue weighted by Crippen LogP contribution is 2.31. The highest BCUT2D eigenvalue weighted by Gasteiger charge is 2.30. The maximum absolute atomic E-state index is 13.0. The van der Waals surface area contributed by atoms with E-state index < -0.39 is 0 Å². The number of nitrogens with zero attached hydrogens (tertiary/aromatic N) is 3. The van der Waals surface area contributed by atoms with Gasteiger partial charge >= 0.3 is 0 Å². The summed E-state index contributed by atoms with van der Waals surface area (Å²) >= 11 is 0. The van der Waals surface area contributed by atoms with Crippen molar-refractivity contribution in [2.24, 2.45) is 10.7 Å². The molecule has 0 bridgehead atoms. The van der Waals surface area contributed by atoms with Crippen molar-refractivity contribution >= 4 is 40.8 Å². The quantitative estimate of drug-likeness (QED) is 0.783. The van der Waals surface area contributed by atoms with Crippen LogP contribution >= 0.6 is 0 Å². The number of hydrogen-bond acceptors (Lipinski definition) is 5. The summed E-state index contributed by atoms with van der Waals surface area (Å²) in [5.74, 6) is -0.0373. The van der Waals surface area contributed by atoms with Gasteiger partial charge in [0.25, 0.3) is 5.91 Å². The third-order valence-corrected chi connectivity index (χ3v) is 4.35. The number of para-hydroxylation sites is 2. The van der Waals surface area contributed by atoms with Crippen molar-refractivity contribution in [1.29, 1.82) is 0 Å². The maximum atomic E-state index is 13.0. The van der Waals surface area contributed by atoms with Gasteiger partial charge in [-0.15, -0.1) is 0 Å². The van der Waals surface area contributed by atoms with Gasteiger partial charge in [-0.3, -0.25) is 14.5 Å². The van der Waals surface area contributed by atoms with Gasteiger partial charge in [0.1, 0.15) is 11.5 Å². The lowest BCUT2D eigenvalue weighted by Gasteiger charge is -2.20. The Labute approximate surface area is 164 Å². The van der Waals surface area contributed by atoms with Crippen LogP contribution in [0.1, 0.15) is 12.5 Å². The van der Waals surface area contributed by atoms with Crippen molar-refractivity contribution in [3.63, 3.8) is 0 Å². The Morgan fingerprint density at radius 2 is 1.86 bits per heavy atom. The molecule has 1 aliphatic heterocycles. The van der Waals surface area contributed by atoms with Gasteiger partial charge in [0.2, 0.25) is 5.91 Å². The summed E-state index contributed by atoms with van der Waals surface area (Å²) in [6.45, 7) is 1.62. The van der Waals surface area contributed by atoms with Crippen molar-refractivity contribution in [3.8, 4) is 0 Å². The normalized spacial score (nSPS) is 15.0. The van der Waals surface area contributed by atoms with Crippen LogP contribution in [0.25, 0.3) is 6.08 Å². The second kappa shape index (κ2) is 8.06. The summed E-state index contributed by atoms with van der Waals surface area (Å²) in [4.78, 5) is 32.6. The zero-order valence-corrected chi connectivity index (χ0v) is 16.1. The van der Waals surface area contributed by atoms with E-state index >= 15 is 0 Å². The van der Waals surface area contributed by atoms with Crippen LogP contribution in [0.4, 0.5) is 17.1 Å². The topological polar surface area (TPSA) is 91.0 Å². The number of carbonyl (C=O) groups is 2. The highest BCUT2D eigenvalue weighted by molar-refractivity contribution is 6.29. The Bertz CT molecular complexity index is 961. The Kier molecular flexibility index (Phi) is 5.56. The average Bonchev–Trinajstić information content (AvgIpc) is 2.96. The monoisotopic (exact) mass is 377 g/mol. The minimum absolute atomic E-state index is 0.135. The average molecular weight is 377 g/mol. The van der Waals surface area contributed by atoms with Gasteiger partial charge < -0.3 is 16.0 Å². The van der Waals surface area contributed by atoms with Crippen molar-refractivity contribution in [2.75, 3.05) is 35.8 Å². The smallest absolute Gasteiger partial charge is 0.282 e. The molecule has 0 saturated carbocycles. The highest BCUT2D eigenvalue weighted by atomic mass is 16.2. The molecule has 2 amide bonds. The van der Waals surface area contributed by atoms with Crippen molar-refractivity contribution in [3.05, 3.63) is 59.8 Å². The zero-order chi connectivity index (χ0) is 20.3. The molecule has 1 heterocycles. The third kappa shape index (κ3) is 3.94. The van der Waals surface area contributed by atoms with Crippen LogP contribution < -0.4 is 20.9 Å². The molecule has 0 spiro atoms. The van der Waals surface area contributed by atoms with E-state index in [0.29, 0.717) is 22.9 Å². The molecule has 0 fully saturated rings. The van der Waals surface area contributed by atoms with E-state index in [1.807, 2.05) is 43.3 Å². The van der Waals surface area contributed by atoms with Gasteiger partial charge in [0.05, 0.1) is 17.9 Å². The summed E-state index contributed by atoms with van der Waals surface area (Å²) in [6, 6.07) is 14.9. The molecule has 0 saturated heterocycles. The SMILES string of the molecule is CC1=N/C(=C\c2ccc(N(C)C)cc2)C(=O)N1c1ccccc1NC(=O)CN. The number of nitrogens with two attached hydrogens (primary N) is 1. The summed E-state index contributed by atoms with van der Waals surface area (Å²) < 4.78 is 0. The summed E-state index contributed by atoms with van der Waals surface area (Å²) in [5, 5.41) is 2.72. The van der Waals surface area contributed by atoms with Crippen LogP contribution in [0.2, 0.25) is 0 Å². The number of benzene rings is 2. The number of amidine groups is 1. The number of anilines is 3. The number of hydrogen-bond donors (Lipinski definition) is 2. The molecule has 2 aromatic carbocycles. The molecule has 0 aliphatic carbocycles. The van der Waals surface area contributed by atoms with E-state index in [1.165, 1.54) is 4.90 Å². The molecule has 144 valence electrons. The summed E-state index contributed by atoms with van der Waals surface area (Å²) in [7, 11) is 3.95. The lowest BCUT2D eigenvalue weighted by molar-refractivity contribution is -0.115. The number of amides is 2. The molecule has 3 rings (SSSR count). The van der Waals surface area contributed by atoms with Crippen molar-refractivity contribution in [1.82, 2.24) is 0 Å². The molecule has 0 atom stereocenters. The number of rotatable bonds is 5. The van der Waals surface area contributed by atoms with Crippen LogP contribution in [-0.4, -0.2) is 38.3 Å². The van der Waals surface area contributed by atoms with Gasteiger partial charge in [-0.1, -0.05) is 24.3 Å². The molecule has 2 aromatic rings. The number of nitrogens with one attached hydrogen (secondary N) is 1. The molecule has 3 N–H and O–H groups in total. The van der Waals surface area contributed by atoms with E-state index in [0.717, 1.165) is 11.3 Å². The Morgan fingerprint density at radius 1 is 1.18 bits per heavy atom. The predicted molar refractivity (Wildman–Crippen MR) is 113 cm³/mol. The molecule has 7 nitrogen and oxygen atoms in total. The van der Waals surface area contributed by atoms with Gasteiger partial charge in [-0.05, 0) is 42.8 Å². The number of carbonyl (C=O) groups excluding carboxylic acids is 2. The third-order valence-electron chi connectivity index (χ3n) is 4.35. The Balaban J connectivity index is 1.90. The van der Waals surface area contributed by atoms with Crippen LogP contribution in [-0.2, 0) is 9.59 Å². The first-order chi connectivity index (χ1) is 13.4. The lowest BCUT2D eigenvalue weighted by Crippen LogP contribution is -2.32. The van der Waals surface area contributed by atoms with E-state index in [4.69, 9.17) is 5.73 Å². The van der Waals surface area contributed by atoms with Crippen LogP contribution in [0, 0.1) is 0 Å². The molecule has 1 aliphatic rings. The Hall–Kier alpha value is -3.45. The summed E-state index contributed by atoms with van der Waals surface area (Å²) in [6.07, 6.45) is 1.76. The maximum Gasteiger partial charge on any atom is 0.282 e. The first kappa shape index (κ1) is 19.3. The number of aliphatic imine (C=N–C) groups is 1. The van der Waals surface area contributed by atoms with Crippen molar-refractivity contribution < 1.29 is 9.59 Å². The fraction of sp³-hybridized carbons (Fsp3) is 0.190. The first-order valence-corrected chi connectivity index (χ1v) is 8.88. The van der Waals surface area contributed by atoms with Gasteiger partial charge in [-0.25, -0.2) is 4.99 Å². The summed E-state index contributed by atoms with van der Waals surface area (Å²) in [5.41, 5.74) is 8.76. The van der Waals surface area contributed by atoms with Gasteiger partial charge in [0, 0.05) is 19.8 Å². The Morgan fingerprint density at radius 3 is 2.50 bits per heavy atom. The minimum Gasteiger partial charge on any atom is -0.378 e. The fourth-order valence-corrected chi connectivity index (χ4v) is 2.91. The van der Waals surface area contributed by atoms with E-state index in [-0.39, 0.29) is 18.4 Å². The molecule has 0 aromatic heterocycles. The standard InChI is InChI=1S/C21H23N5O2/c1-14-23-18(12-15-8-10-16(11-9-15)25(2)3)21(28)26(14)19-7-5-4-6-17(19)24-20(27)13-22/h4-12H,13,22H2,1-3H3,(H,24,27)/b18-12-. The van der Waals surface area contributed by atoms with Crippen LogP contribution in [0.15, 0.2) is 59.2 Å². The fourth-order valence-electron chi connectivity index (χ4n) is 2.91. The largest absolute Gasteiger partial charge is 0.378 e. The molecule has 0 radical (unpaired) electrons. The zero-order valence-electron chi connectivity index (χ0n) is 16.1. The van der Waals surface area contributed by atoms with E-state index in [1.54, 1.807) is 37.3 Å². The predicted octanol–water partition coefficient (Wildman–Crippen LogP) is 2.46. The molecule has 7 heteroatoms. The van der Waals surface area contributed by atoms with Crippen LogP contribution in [0.5, 0.6) is 0 Å². The molecular formula is C21H23N5O2. The van der Waals surface area contributed by atoms with Gasteiger partial charge in [0.15, 0.2) is 0 Å². The van der Waals surface area contributed by atoms with E-state index in [2.05, 4.69) is 10.3 Å². The lowest BCUT2D eigenvalue weighted by atomic mass is 10.1. The molecular weight excluding hydrogens is 354 g/mol. The second-order valence-corrected chi connectivity index (χ2v) is 6.58. The second-order valence-electron chi connectivity index (χ2n) is 6.58.